The van der Waals surface area contributed by atoms with Crippen LogP contribution < -0.4 is 5.32 Å². The number of rotatable bonds is 6. The van der Waals surface area contributed by atoms with E-state index in [-0.39, 0.29) is 0 Å². The van der Waals surface area contributed by atoms with Gasteiger partial charge in [-0.1, -0.05) is 32.5 Å². The Morgan fingerprint density at radius 3 is 2.65 bits per heavy atom. The summed E-state index contributed by atoms with van der Waals surface area (Å²) < 4.78 is 0. The third-order valence-corrected chi connectivity index (χ3v) is 5.83. The van der Waals surface area contributed by atoms with Gasteiger partial charge in [0.25, 0.3) is 0 Å². The molecule has 1 N–H and O–H groups in total. The maximum absolute atomic E-state index is 4.72. The fourth-order valence-corrected chi connectivity index (χ4v) is 3.91. The van der Waals surface area contributed by atoms with E-state index >= 15 is 0 Å². The zero-order valence-electron chi connectivity index (χ0n) is 11.6. The van der Waals surface area contributed by atoms with Gasteiger partial charge in [0.2, 0.25) is 0 Å². The predicted octanol–water partition coefficient (Wildman–Crippen LogP) is 3.48. The minimum absolute atomic E-state index is 0.459. The summed E-state index contributed by atoms with van der Waals surface area (Å²) in [5, 5.41) is 4.65. The molecule has 4 heteroatoms. The predicted molar refractivity (Wildman–Crippen MR) is 83.3 cm³/mol. The van der Waals surface area contributed by atoms with E-state index in [0.29, 0.717) is 5.41 Å². The van der Waals surface area contributed by atoms with Crippen molar-refractivity contribution in [2.75, 3.05) is 30.9 Å². The lowest BCUT2D eigenvalue weighted by Crippen LogP contribution is -2.36. The summed E-state index contributed by atoms with van der Waals surface area (Å²) >= 11 is 3.83. The zero-order chi connectivity index (χ0) is 12.7. The Kier molecular flexibility index (Phi) is 6.78. The summed E-state index contributed by atoms with van der Waals surface area (Å²) in [6, 6.07) is 0. The van der Waals surface area contributed by atoms with Crippen molar-refractivity contribution in [3.05, 3.63) is 0 Å². The summed E-state index contributed by atoms with van der Waals surface area (Å²) in [4.78, 5) is 4.72. The summed E-state index contributed by atoms with van der Waals surface area (Å²) in [5.41, 5.74) is 0.459. The van der Waals surface area contributed by atoms with Gasteiger partial charge in [-0.15, -0.1) is 0 Å². The van der Waals surface area contributed by atoms with Gasteiger partial charge in [0.05, 0.1) is 0 Å². The molecule has 0 bridgehead atoms. The molecule has 1 heterocycles. The van der Waals surface area contributed by atoms with E-state index in [9.17, 15) is 0 Å². The first-order valence-corrected chi connectivity index (χ1v) is 8.93. The molecule has 1 atom stereocenters. The average molecular weight is 274 g/mol. The zero-order valence-corrected chi connectivity index (χ0v) is 13.2. The average Bonchev–Trinajstić information content (AvgIpc) is 2.37. The third-order valence-electron chi connectivity index (χ3n) is 3.63. The maximum Gasteiger partial charge on any atom is 0.156 e. The van der Waals surface area contributed by atoms with Crippen molar-refractivity contribution in [3.63, 3.8) is 0 Å². The lowest BCUT2D eigenvalue weighted by molar-refractivity contribution is 0.318. The van der Waals surface area contributed by atoms with Crippen LogP contribution in [0.4, 0.5) is 0 Å². The quantitative estimate of drug-likeness (QED) is 0.802. The van der Waals surface area contributed by atoms with Gasteiger partial charge in [-0.25, -0.2) is 0 Å². The number of nitrogens with zero attached hydrogens (tertiary/aromatic N) is 1. The topological polar surface area (TPSA) is 24.4 Å². The van der Waals surface area contributed by atoms with E-state index in [0.717, 1.165) is 24.2 Å². The Labute approximate surface area is 115 Å². The molecule has 0 aromatic carbocycles. The molecule has 100 valence electrons. The van der Waals surface area contributed by atoms with Crippen LogP contribution in [0, 0.1) is 11.3 Å². The van der Waals surface area contributed by atoms with Crippen LogP contribution in [0.1, 0.15) is 33.6 Å². The first kappa shape index (κ1) is 15.2. The second-order valence-electron chi connectivity index (χ2n) is 5.06. The van der Waals surface area contributed by atoms with E-state index in [4.69, 9.17) is 4.99 Å². The summed E-state index contributed by atoms with van der Waals surface area (Å²) in [6.45, 7) is 8.93. The molecule has 1 aliphatic rings. The van der Waals surface area contributed by atoms with Crippen LogP contribution in [0.5, 0.6) is 0 Å². The van der Waals surface area contributed by atoms with Crippen LogP contribution in [0.3, 0.4) is 0 Å². The molecule has 0 amide bonds. The molecule has 1 aliphatic heterocycles. The Hall–Kier alpha value is 0.170. The highest BCUT2D eigenvalue weighted by Crippen LogP contribution is 2.34. The van der Waals surface area contributed by atoms with E-state index < -0.39 is 0 Å². The molecule has 0 aromatic heterocycles. The van der Waals surface area contributed by atoms with Gasteiger partial charge < -0.3 is 5.32 Å². The monoisotopic (exact) mass is 274 g/mol. The summed E-state index contributed by atoms with van der Waals surface area (Å²) in [6.07, 6.45) is 4.66. The third kappa shape index (κ3) is 4.74. The molecular formula is C13H26N2S2. The lowest BCUT2D eigenvalue weighted by atomic mass is 9.84. The van der Waals surface area contributed by atoms with E-state index in [2.05, 4.69) is 32.3 Å². The van der Waals surface area contributed by atoms with E-state index in [1.54, 1.807) is 0 Å². The van der Waals surface area contributed by atoms with Gasteiger partial charge in [-0.3, -0.25) is 4.99 Å². The molecule has 2 nitrogen and oxygen atoms in total. The number of aliphatic imine (C=N–C) groups is 1. The van der Waals surface area contributed by atoms with Crippen LogP contribution in [0.2, 0.25) is 0 Å². The minimum atomic E-state index is 0.459. The number of nitrogens with one attached hydrogen (secondary N) is 1. The van der Waals surface area contributed by atoms with Gasteiger partial charge >= 0.3 is 0 Å². The summed E-state index contributed by atoms with van der Waals surface area (Å²) in [7, 11) is 0. The Bertz CT molecular complexity index is 250. The van der Waals surface area contributed by atoms with Crippen LogP contribution in [-0.2, 0) is 0 Å². The molecule has 17 heavy (non-hydrogen) atoms. The largest absolute Gasteiger partial charge is 0.365 e. The van der Waals surface area contributed by atoms with Gasteiger partial charge in [-0.05, 0) is 36.2 Å². The molecule has 1 unspecified atom stereocenters. The maximum atomic E-state index is 4.72. The van der Waals surface area contributed by atoms with Crippen LogP contribution >= 0.6 is 23.5 Å². The molecule has 1 rings (SSSR count). The fraction of sp³-hybridized carbons (Fsp3) is 0.923. The highest BCUT2D eigenvalue weighted by molar-refractivity contribution is 8.13. The number of hydrogen-bond donors (Lipinski definition) is 1. The Balaban J connectivity index is 2.36. The SMILES string of the molecule is CCC1(CC)CN=C(NCC(C)CSC)SC1. The van der Waals surface area contributed by atoms with Crippen LogP contribution in [-0.4, -0.2) is 36.0 Å². The molecule has 0 spiro atoms. The standard InChI is InChI=1S/C13H26N2S2/c1-5-13(6-2)9-15-12(17-10-13)14-7-11(3)8-16-4/h11H,5-10H2,1-4H3,(H,14,15). The first-order valence-electron chi connectivity index (χ1n) is 6.56. The van der Waals surface area contributed by atoms with Gasteiger partial charge in [-0.2, -0.15) is 11.8 Å². The lowest BCUT2D eigenvalue weighted by Gasteiger charge is -2.33. The molecule has 0 saturated heterocycles. The first-order chi connectivity index (χ1) is 8.15. The highest BCUT2D eigenvalue weighted by Gasteiger charge is 2.29. The van der Waals surface area contributed by atoms with Crippen molar-refractivity contribution in [3.8, 4) is 0 Å². The van der Waals surface area contributed by atoms with Crippen molar-refractivity contribution in [1.29, 1.82) is 0 Å². The molecule has 0 aliphatic carbocycles. The molecule has 0 aromatic rings. The van der Waals surface area contributed by atoms with Crippen molar-refractivity contribution >= 4 is 28.7 Å². The molecule has 0 radical (unpaired) electrons. The van der Waals surface area contributed by atoms with Gasteiger partial charge in [0.15, 0.2) is 5.17 Å². The number of hydrogen-bond acceptors (Lipinski definition) is 4. The highest BCUT2D eigenvalue weighted by atomic mass is 32.2. The smallest absolute Gasteiger partial charge is 0.156 e. The Morgan fingerprint density at radius 2 is 2.18 bits per heavy atom. The Morgan fingerprint density at radius 1 is 1.47 bits per heavy atom. The van der Waals surface area contributed by atoms with Crippen LogP contribution in [0.25, 0.3) is 0 Å². The second kappa shape index (κ2) is 7.57. The van der Waals surface area contributed by atoms with E-state index in [1.807, 2.05) is 23.5 Å². The number of amidine groups is 1. The normalized spacial score (nSPS) is 20.8. The molecule has 0 saturated carbocycles. The van der Waals surface area contributed by atoms with Crippen LogP contribution in [0.15, 0.2) is 4.99 Å². The summed E-state index contributed by atoms with van der Waals surface area (Å²) in [5.74, 6) is 3.17. The molecular weight excluding hydrogens is 248 g/mol. The van der Waals surface area contributed by atoms with Crippen molar-refractivity contribution in [1.82, 2.24) is 5.32 Å². The minimum Gasteiger partial charge on any atom is -0.365 e. The second-order valence-corrected chi connectivity index (χ2v) is 6.93. The fourth-order valence-electron chi connectivity index (χ4n) is 1.94. The van der Waals surface area contributed by atoms with Gasteiger partial charge in [0.1, 0.15) is 0 Å². The molecule has 0 fully saturated rings. The van der Waals surface area contributed by atoms with Crippen molar-refractivity contribution in [2.45, 2.75) is 33.6 Å². The van der Waals surface area contributed by atoms with Crippen molar-refractivity contribution < 1.29 is 0 Å². The number of thioether (sulfide) groups is 2. The van der Waals surface area contributed by atoms with Crippen molar-refractivity contribution in [2.24, 2.45) is 16.3 Å². The van der Waals surface area contributed by atoms with Gasteiger partial charge in [0, 0.05) is 18.8 Å². The van der Waals surface area contributed by atoms with E-state index in [1.165, 1.54) is 24.3 Å².